The molecule has 8 rings (SSSR count). The van der Waals surface area contributed by atoms with Crippen molar-refractivity contribution in [2.45, 2.75) is 150 Å². The normalized spacial score (nSPS) is 15.7. The second-order valence-corrected chi connectivity index (χ2v) is 20.2. The first-order chi connectivity index (χ1) is 30.2. The predicted molar refractivity (Wildman–Crippen MR) is 273 cm³/mol. The smallest absolute Gasteiger partial charge is 0.399 e. The Morgan fingerprint density at radius 3 is 1.27 bits per heavy atom. The van der Waals surface area contributed by atoms with E-state index in [2.05, 4.69) is 186 Å². The summed E-state index contributed by atoms with van der Waals surface area (Å²) in [5.74, 6) is 0. The molecule has 0 aromatic heterocycles. The van der Waals surface area contributed by atoms with Crippen LogP contribution in [0, 0.1) is 27.7 Å². The van der Waals surface area contributed by atoms with Crippen LogP contribution in [0.4, 0.5) is 0 Å². The van der Waals surface area contributed by atoms with Crippen molar-refractivity contribution >= 4 is 25.9 Å². The summed E-state index contributed by atoms with van der Waals surface area (Å²) in [7, 11) is 1.81. The number of rotatable bonds is 15. The highest BCUT2D eigenvalue weighted by molar-refractivity contribution is 6.62. The van der Waals surface area contributed by atoms with Crippen molar-refractivity contribution in [1.29, 1.82) is 0 Å². The minimum Gasteiger partial charge on any atom is -0.399 e. The van der Waals surface area contributed by atoms with Crippen molar-refractivity contribution in [1.82, 2.24) is 0 Å². The monoisotopic (exact) mass is 833 g/mol. The Morgan fingerprint density at radius 2 is 0.873 bits per heavy atom. The van der Waals surface area contributed by atoms with Crippen LogP contribution < -0.4 is 10.9 Å². The molecule has 0 N–H and O–H groups in total. The van der Waals surface area contributed by atoms with E-state index in [1.165, 1.54) is 146 Å². The quantitative estimate of drug-likeness (QED) is 0.0757. The van der Waals surface area contributed by atoms with Crippen LogP contribution in [0.3, 0.4) is 0 Å². The lowest BCUT2D eigenvalue weighted by Gasteiger charge is -2.35. The molecule has 6 aromatic carbocycles. The molecular weight excluding hydrogens is 762 g/mol. The molecule has 1 aliphatic heterocycles. The molecule has 63 heavy (non-hydrogen) atoms. The highest BCUT2D eigenvalue weighted by Gasteiger charge is 2.52. The Kier molecular flexibility index (Phi) is 12.9. The van der Waals surface area contributed by atoms with Crippen molar-refractivity contribution in [2.24, 2.45) is 0 Å². The van der Waals surface area contributed by atoms with Gasteiger partial charge in [-0.15, -0.1) is 0 Å². The largest absolute Gasteiger partial charge is 0.494 e. The molecule has 0 atom stereocenters. The second kappa shape index (κ2) is 18.1. The third kappa shape index (κ3) is 8.44. The van der Waals surface area contributed by atoms with Gasteiger partial charge < -0.3 is 9.31 Å². The summed E-state index contributed by atoms with van der Waals surface area (Å²) in [5, 5.41) is 0. The van der Waals surface area contributed by atoms with E-state index in [9.17, 15) is 0 Å². The van der Waals surface area contributed by atoms with Crippen LogP contribution in [0.15, 0.2) is 109 Å². The van der Waals surface area contributed by atoms with E-state index in [1.54, 1.807) is 0 Å². The number of unbranched alkanes of at least 4 members (excludes halogenated alkanes) is 6. The van der Waals surface area contributed by atoms with E-state index in [-0.39, 0.29) is 0 Å². The summed E-state index contributed by atoms with van der Waals surface area (Å²) in [5.41, 5.74) is 22.2. The van der Waals surface area contributed by atoms with E-state index in [1.807, 2.05) is 0 Å². The summed E-state index contributed by atoms with van der Waals surface area (Å²) in [4.78, 5) is 0. The van der Waals surface area contributed by atoms with Crippen molar-refractivity contribution in [3.8, 4) is 33.4 Å². The summed E-state index contributed by atoms with van der Waals surface area (Å²) in [6.45, 7) is 22.2. The minimum absolute atomic E-state index is 0.395. The van der Waals surface area contributed by atoms with Gasteiger partial charge in [0.2, 0.25) is 0 Å². The first-order valence-corrected chi connectivity index (χ1v) is 24.2. The molecule has 324 valence electrons. The van der Waals surface area contributed by atoms with Crippen molar-refractivity contribution in [2.75, 3.05) is 0 Å². The van der Waals surface area contributed by atoms with Gasteiger partial charge in [-0.2, -0.15) is 0 Å². The number of hydrogen-bond donors (Lipinski definition) is 0. The number of fused-ring (bicyclic) bond motifs is 3. The zero-order valence-electron chi connectivity index (χ0n) is 40.4. The van der Waals surface area contributed by atoms with Gasteiger partial charge in [0, 0.05) is 0 Å². The van der Waals surface area contributed by atoms with Crippen LogP contribution in [0.25, 0.3) is 33.4 Å². The molecule has 0 bridgehead atoms. The Morgan fingerprint density at radius 1 is 0.476 bits per heavy atom. The Hall–Kier alpha value is -4.63. The maximum atomic E-state index is 6.55. The van der Waals surface area contributed by atoms with Gasteiger partial charge in [0.15, 0.2) is 0 Å². The molecule has 1 saturated heterocycles. The zero-order valence-corrected chi connectivity index (χ0v) is 40.4. The molecule has 0 saturated carbocycles. The van der Waals surface area contributed by atoms with Crippen molar-refractivity contribution < 1.29 is 9.31 Å². The van der Waals surface area contributed by atoms with Gasteiger partial charge in [0.25, 0.3) is 0 Å². The minimum atomic E-state index is -0.533. The Balaban J connectivity index is 1.33. The van der Waals surface area contributed by atoms with Gasteiger partial charge in [-0.3, -0.25) is 0 Å². The molecular formula is C59H70B2O2. The third-order valence-corrected chi connectivity index (χ3v) is 14.9. The predicted octanol–water partition coefficient (Wildman–Crippen LogP) is 13.4. The summed E-state index contributed by atoms with van der Waals surface area (Å²) >= 11 is 0. The molecule has 1 aliphatic carbocycles. The number of benzene rings is 6. The standard InChI is InChI=1S/C59H70B2O2/c1-11-13-15-17-19-43-21-27-47(28-22-43)59(48-29-23-44(24-30-48)20-18-16-14-12-2)53-37-45(55-39(3)33-49(60)34-40(55)4)25-31-51(53)52-32-26-46(38-54(52)59)56-41(5)35-50(36-42(56)6)61-62-57(7,8)58(9,10)63-61/h21-38H,11-20,60H2,1-10H3. The molecule has 6 aromatic rings. The summed E-state index contributed by atoms with van der Waals surface area (Å²) in [6.07, 6.45) is 12.4. The molecule has 1 heterocycles. The van der Waals surface area contributed by atoms with Gasteiger partial charge in [-0.05, 0) is 188 Å². The first-order valence-electron chi connectivity index (χ1n) is 24.2. The van der Waals surface area contributed by atoms with Crippen molar-refractivity contribution in [3.05, 3.63) is 165 Å². The van der Waals surface area contributed by atoms with Gasteiger partial charge in [0.1, 0.15) is 7.85 Å². The van der Waals surface area contributed by atoms with Crippen LogP contribution in [-0.4, -0.2) is 26.2 Å². The third-order valence-electron chi connectivity index (χ3n) is 14.9. The molecule has 0 amide bonds. The number of aryl methyl sites for hydroxylation is 6. The SMILES string of the molecule is Bc1cc(C)c(-c2ccc3c(c2)C(c2ccc(CCCCCC)cc2)(c2ccc(CCCCCC)cc2)c2cc(-c4c(C)cc(B5OC(C)(C)C(C)(C)O5)cc4C)ccc2-3)c(C)c1. The lowest BCUT2D eigenvalue weighted by atomic mass is 9.66. The fourth-order valence-corrected chi connectivity index (χ4v) is 11.0. The lowest BCUT2D eigenvalue weighted by molar-refractivity contribution is 0.00578. The lowest BCUT2D eigenvalue weighted by Crippen LogP contribution is -2.41. The highest BCUT2D eigenvalue weighted by Crippen LogP contribution is 2.58. The summed E-state index contributed by atoms with van der Waals surface area (Å²) < 4.78 is 13.1. The average molecular weight is 833 g/mol. The van der Waals surface area contributed by atoms with E-state index in [0.29, 0.717) is 0 Å². The second-order valence-electron chi connectivity index (χ2n) is 20.2. The molecule has 1 fully saturated rings. The van der Waals surface area contributed by atoms with E-state index >= 15 is 0 Å². The first kappa shape index (κ1) is 45.0. The Bertz CT molecular complexity index is 2480. The van der Waals surface area contributed by atoms with Gasteiger partial charge in [-0.25, -0.2) is 0 Å². The highest BCUT2D eigenvalue weighted by atomic mass is 16.7. The maximum absolute atomic E-state index is 6.55. The molecule has 2 nitrogen and oxygen atoms in total. The van der Waals surface area contributed by atoms with E-state index < -0.39 is 23.7 Å². The Labute approximate surface area is 381 Å². The molecule has 0 unspecified atom stereocenters. The topological polar surface area (TPSA) is 18.5 Å². The van der Waals surface area contributed by atoms with Crippen LogP contribution in [0.5, 0.6) is 0 Å². The maximum Gasteiger partial charge on any atom is 0.494 e. The van der Waals surface area contributed by atoms with Crippen LogP contribution in [-0.2, 0) is 27.6 Å². The summed E-state index contributed by atoms with van der Waals surface area (Å²) in [6, 6.07) is 43.5. The van der Waals surface area contributed by atoms with Gasteiger partial charge >= 0.3 is 7.12 Å². The zero-order chi connectivity index (χ0) is 44.7. The van der Waals surface area contributed by atoms with Gasteiger partial charge in [0.05, 0.1) is 16.6 Å². The van der Waals surface area contributed by atoms with Crippen LogP contribution >= 0.6 is 0 Å². The van der Waals surface area contributed by atoms with Crippen LogP contribution in [0.1, 0.15) is 149 Å². The van der Waals surface area contributed by atoms with Crippen LogP contribution in [0.2, 0.25) is 0 Å². The fraction of sp³-hybridized carbons (Fsp3) is 0.390. The molecule has 2 aliphatic rings. The van der Waals surface area contributed by atoms with Crippen molar-refractivity contribution in [3.63, 3.8) is 0 Å². The van der Waals surface area contributed by atoms with E-state index in [0.717, 1.165) is 18.3 Å². The fourth-order valence-electron chi connectivity index (χ4n) is 11.0. The molecule has 0 spiro atoms. The van der Waals surface area contributed by atoms with E-state index in [4.69, 9.17) is 9.31 Å². The van der Waals surface area contributed by atoms with Gasteiger partial charge in [-0.1, -0.05) is 155 Å². The molecule has 0 radical (unpaired) electrons. The number of hydrogen-bond acceptors (Lipinski definition) is 2. The average Bonchev–Trinajstić information content (AvgIpc) is 3.65. The molecule has 4 heteroatoms.